The second-order valence-electron chi connectivity index (χ2n) is 19.3. The van der Waals surface area contributed by atoms with E-state index in [0.29, 0.717) is 19.4 Å². The average Bonchev–Trinajstić information content (AvgIpc) is 3.29. The van der Waals surface area contributed by atoms with Gasteiger partial charge in [0.15, 0.2) is 0 Å². The largest absolute Gasteiger partial charge is 0.466 e. The number of nitrogens with one attached hydrogen (secondary N) is 1. The Morgan fingerprint density at radius 3 is 1.14 bits per heavy atom. The summed E-state index contributed by atoms with van der Waals surface area (Å²) in [5.41, 5.74) is 0. The normalized spacial score (nSPS) is 12.9. The number of carbonyl (C=O) groups excluding carboxylic acids is 2. The summed E-state index contributed by atoms with van der Waals surface area (Å²) < 4.78 is 5.45. The Labute approximate surface area is 398 Å². The fourth-order valence-corrected chi connectivity index (χ4v) is 8.50. The molecule has 0 bridgehead atoms. The molecule has 0 spiro atoms. The molecule has 0 aliphatic heterocycles. The minimum absolute atomic E-state index is 0.0233. The van der Waals surface area contributed by atoms with Gasteiger partial charge in [-0.2, -0.15) is 0 Å². The number of carbonyl (C=O) groups is 2. The predicted octanol–water partition coefficient (Wildman–Crippen LogP) is 17.2. The Morgan fingerprint density at radius 1 is 0.422 bits per heavy atom. The van der Waals surface area contributed by atoms with Crippen molar-refractivity contribution in [2.75, 3.05) is 13.2 Å². The van der Waals surface area contributed by atoms with Crippen molar-refractivity contribution in [3.8, 4) is 0 Å². The van der Waals surface area contributed by atoms with Crippen molar-refractivity contribution in [1.29, 1.82) is 0 Å². The van der Waals surface area contributed by atoms with Crippen molar-refractivity contribution in [3.63, 3.8) is 0 Å². The minimum Gasteiger partial charge on any atom is -0.466 e. The number of unbranched alkanes of at least 4 members (excludes halogenated alkanes) is 37. The molecule has 64 heavy (non-hydrogen) atoms. The first-order chi connectivity index (χ1) is 31.5. The van der Waals surface area contributed by atoms with Crippen LogP contribution in [0.15, 0.2) is 36.5 Å². The number of aliphatic hydroxyl groups is 2. The first-order valence-electron chi connectivity index (χ1n) is 28.3. The molecule has 0 fully saturated rings. The molecule has 2 atom stereocenters. The SMILES string of the molecule is CCCCCC/C=C\CCCCCCCC(=O)OCCCCCCCC/C=C\CCCCCC(=O)NC(CO)C(O)/C=C/CCCCCCCCCCCCCCCCCCCCC. The zero-order chi connectivity index (χ0) is 46.5. The van der Waals surface area contributed by atoms with Crippen LogP contribution in [0.4, 0.5) is 0 Å². The molecule has 0 heterocycles. The molecule has 6 nitrogen and oxygen atoms in total. The summed E-state index contributed by atoms with van der Waals surface area (Å²) >= 11 is 0. The van der Waals surface area contributed by atoms with Gasteiger partial charge >= 0.3 is 5.97 Å². The van der Waals surface area contributed by atoms with Crippen LogP contribution in [0.5, 0.6) is 0 Å². The summed E-state index contributed by atoms with van der Waals surface area (Å²) in [4.78, 5) is 24.5. The van der Waals surface area contributed by atoms with Crippen LogP contribution >= 0.6 is 0 Å². The van der Waals surface area contributed by atoms with E-state index in [1.165, 1.54) is 199 Å². The number of hydrogen-bond acceptors (Lipinski definition) is 5. The van der Waals surface area contributed by atoms with Gasteiger partial charge in [0.1, 0.15) is 0 Å². The lowest BCUT2D eigenvalue weighted by atomic mass is 10.0. The number of esters is 1. The van der Waals surface area contributed by atoms with Crippen LogP contribution in [0.1, 0.15) is 296 Å². The van der Waals surface area contributed by atoms with Crippen LogP contribution in [-0.4, -0.2) is 47.4 Å². The third kappa shape index (κ3) is 49.5. The molecule has 1 amide bonds. The molecule has 0 rings (SSSR count). The van der Waals surface area contributed by atoms with Gasteiger partial charge in [-0.3, -0.25) is 9.59 Å². The molecule has 2 unspecified atom stereocenters. The van der Waals surface area contributed by atoms with Gasteiger partial charge in [0, 0.05) is 12.8 Å². The Morgan fingerprint density at radius 2 is 0.734 bits per heavy atom. The van der Waals surface area contributed by atoms with E-state index in [0.717, 1.165) is 70.6 Å². The maximum atomic E-state index is 12.5. The number of ether oxygens (including phenoxy) is 1. The minimum atomic E-state index is -0.863. The van der Waals surface area contributed by atoms with Crippen molar-refractivity contribution >= 4 is 11.9 Å². The van der Waals surface area contributed by atoms with E-state index < -0.39 is 12.1 Å². The summed E-state index contributed by atoms with van der Waals surface area (Å²) in [5.74, 6) is -0.120. The average molecular weight is 901 g/mol. The highest BCUT2D eigenvalue weighted by Gasteiger charge is 2.18. The van der Waals surface area contributed by atoms with Crippen LogP contribution < -0.4 is 5.32 Å². The third-order valence-corrected chi connectivity index (χ3v) is 12.9. The molecule has 0 aromatic carbocycles. The monoisotopic (exact) mass is 900 g/mol. The lowest BCUT2D eigenvalue weighted by Crippen LogP contribution is -2.45. The number of amides is 1. The summed E-state index contributed by atoms with van der Waals surface area (Å²) in [6.45, 7) is 4.85. The highest BCUT2D eigenvalue weighted by Crippen LogP contribution is 2.16. The maximum absolute atomic E-state index is 12.5. The van der Waals surface area contributed by atoms with E-state index in [-0.39, 0.29) is 18.5 Å². The fourth-order valence-electron chi connectivity index (χ4n) is 8.50. The van der Waals surface area contributed by atoms with Gasteiger partial charge in [0.05, 0.1) is 25.4 Å². The van der Waals surface area contributed by atoms with E-state index >= 15 is 0 Å². The molecule has 0 aromatic heterocycles. The van der Waals surface area contributed by atoms with E-state index in [9.17, 15) is 19.8 Å². The standard InChI is InChI=1S/C58H109NO5/c1-3-5-7-9-11-13-15-17-18-19-20-21-22-23-24-27-30-34-38-42-46-50-56(61)55(54-60)59-57(62)51-47-43-39-35-31-28-25-29-33-37-41-45-49-53-64-58(63)52-48-44-40-36-32-26-16-14-12-10-8-6-4-2/h14,16,28,31,46,50,55-56,60-61H,3-13,15,17-27,29-30,32-45,47-49,51-54H2,1-2H3,(H,59,62)/b16-14-,31-28-,50-46+. The van der Waals surface area contributed by atoms with Crippen LogP contribution in [0.3, 0.4) is 0 Å². The first-order valence-corrected chi connectivity index (χ1v) is 28.3. The number of aliphatic hydroxyl groups excluding tert-OH is 2. The molecule has 0 aliphatic carbocycles. The number of rotatable bonds is 52. The Balaban J connectivity index is 3.54. The lowest BCUT2D eigenvalue weighted by Gasteiger charge is -2.19. The van der Waals surface area contributed by atoms with Crippen molar-refractivity contribution in [1.82, 2.24) is 5.32 Å². The first kappa shape index (κ1) is 62.1. The Hall–Kier alpha value is -1.92. The summed E-state index contributed by atoms with van der Waals surface area (Å²) in [6, 6.07) is -0.649. The van der Waals surface area contributed by atoms with Gasteiger partial charge in [0.2, 0.25) is 5.91 Å². The number of hydrogen-bond donors (Lipinski definition) is 3. The second kappa shape index (κ2) is 53.7. The van der Waals surface area contributed by atoms with E-state index in [1.54, 1.807) is 6.08 Å². The molecule has 0 saturated carbocycles. The van der Waals surface area contributed by atoms with Gasteiger partial charge in [-0.25, -0.2) is 0 Å². The molecule has 0 radical (unpaired) electrons. The van der Waals surface area contributed by atoms with Crippen molar-refractivity contribution in [3.05, 3.63) is 36.5 Å². The molecule has 376 valence electrons. The van der Waals surface area contributed by atoms with Gasteiger partial charge in [-0.05, 0) is 83.5 Å². The van der Waals surface area contributed by atoms with E-state index in [1.807, 2.05) is 6.08 Å². The molecule has 0 aromatic rings. The summed E-state index contributed by atoms with van der Waals surface area (Å²) in [7, 11) is 0. The van der Waals surface area contributed by atoms with E-state index in [4.69, 9.17) is 4.74 Å². The van der Waals surface area contributed by atoms with Crippen LogP contribution in [0.2, 0.25) is 0 Å². The topological polar surface area (TPSA) is 95.9 Å². The van der Waals surface area contributed by atoms with Gasteiger partial charge < -0.3 is 20.3 Å². The second-order valence-corrected chi connectivity index (χ2v) is 19.3. The zero-order valence-corrected chi connectivity index (χ0v) is 42.8. The fraction of sp³-hybridized carbons (Fsp3) is 0.862. The lowest BCUT2D eigenvalue weighted by molar-refractivity contribution is -0.143. The van der Waals surface area contributed by atoms with Crippen LogP contribution in [-0.2, 0) is 14.3 Å². The van der Waals surface area contributed by atoms with Crippen molar-refractivity contribution < 1.29 is 24.5 Å². The third-order valence-electron chi connectivity index (χ3n) is 12.9. The highest BCUT2D eigenvalue weighted by atomic mass is 16.5. The molecular weight excluding hydrogens is 791 g/mol. The Kier molecular flexibility index (Phi) is 52.1. The molecule has 0 aliphatic rings. The van der Waals surface area contributed by atoms with Gasteiger partial charge in [-0.1, -0.05) is 237 Å². The molecule has 3 N–H and O–H groups in total. The smallest absolute Gasteiger partial charge is 0.305 e. The summed E-state index contributed by atoms with van der Waals surface area (Å²) in [5, 5.41) is 23.1. The van der Waals surface area contributed by atoms with Crippen LogP contribution in [0, 0.1) is 0 Å². The van der Waals surface area contributed by atoms with Crippen molar-refractivity contribution in [2.45, 2.75) is 309 Å². The highest BCUT2D eigenvalue weighted by molar-refractivity contribution is 5.76. The zero-order valence-electron chi connectivity index (χ0n) is 42.8. The number of allylic oxidation sites excluding steroid dienone is 5. The summed E-state index contributed by atoms with van der Waals surface area (Å²) in [6.07, 6.45) is 65.9. The Bertz CT molecular complexity index is 1040. The maximum Gasteiger partial charge on any atom is 0.305 e. The van der Waals surface area contributed by atoms with E-state index in [2.05, 4.69) is 43.5 Å². The quantitative estimate of drug-likeness (QED) is 0.0321. The van der Waals surface area contributed by atoms with Gasteiger partial charge in [0.25, 0.3) is 0 Å². The molecule has 0 saturated heterocycles. The van der Waals surface area contributed by atoms with Crippen LogP contribution in [0.25, 0.3) is 0 Å². The predicted molar refractivity (Wildman–Crippen MR) is 278 cm³/mol. The van der Waals surface area contributed by atoms with Crippen molar-refractivity contribution in [2.24, 2.45) is 0 Å². The molecular formula is C58H109NO5. The van der Waals surface area contributed by atoms with Gasteiger partial charge in [-0.15, -0.1) is 0 Å². The molecule has 6 heteroatoms.